The van der Waals surface area contributed by atoms with E-state index in [1.807, 2.05) is 47.0 Å². The lowest BCUT2D eigenvalue weighted by atomic mass is 9.80. The lowest BCUT2D eigenvalue weighted by Gasteiger charge is -2.42. The fourth-order valence-electron chi connectivity index (χ4n) is 8.80. The quantitative estimate of drug-likeness (QED) is 0.0118. The molecule has 1 aliphatic heterocycles. The number of nitrogens with zero attached hydrogens (tertiary/aromatic N) is 7. The van der Waals surface area contributed by atoms with E-state index in [4.69, 9.17) is 47.9 Å². The molecule has 19 heteroatoms. The minimum atomic E-state index is -1.36. The molecule has 0 amide bonds. The van der Waals surface area contributed by atoms with Crippen molar-refractivity contribution in [1.82, 2.24) is 34.8 Å². The smallest absolute Gasteiger partial charge is 0.226 e. The van der Waals surface area contributed by atoms with Crippen LogP contribution in [-0.4, -0.2) is 142 Å². The van der Waals surface area contributed by atoms with Crippen molar-refractivity contribution in [2.75, 3.05) is 98.2 Å². The van der Waals surface area contributed by atoms with Gasteiger partial charge in [0.1, 0.15) is 31.6 Å². The molecule has 4 N–H and O–H groups in total. The Morgan fingerprint density at radius 1 is 0.819 bits per heavy atom. The molecular formula is C53H76N11O7P. The molecule has 1 aliphatic rings. The molecule has 5 aromatic rings. The number of rotatable bonds is 29. The first-order valence-electron chi connectivity index (χ1n) is 24.9. The van der Waals surface area contributed by atoms with Crippen LogP contribution in [-0.2, 0) is 29.1 Å². The van der Waals surface area contributed by atoms with Gasteiger partial charge in [0, 0.05) is 58.9 Å². The van der Waals surface area contributed by atoms with Crippen LogP contribution in [0.5, 0.6) is 11.5 Å². The third-order valence-electron chi connectivity index (χ3n) is 12.1. The number of guanidine groups is 1. The van der Waals surface area contributed by atoms with Gasteiger partial charge in [-0.3, -0.25) is 14.2 Å². The maximum atomic E-state index is 9.72. The molecule has 72 heavy (non-hydrogen) atoms. The number of aliphatic imine (C=N–C) groups is 1. The second kappa shape index (κ2) is 28.0. The van der Waals surface area contributed by atoms with Crippen LogP contribution in [0.3, 0.4) is 0 Å². The molecule has 0 spiro atoms. The van der Waals surface area contributed by atoms with Crippen LogP contribution < -0.4 is 30.7 Å². The molecule has 3 heterocycles. The van der Waals surface area contributed by atoms with Gasteiger partial charge in [0.2, 0.25) is 5.95 Å². The van der Waals surface area contributed by atoms with E-state index in [0.717, 1.165) is 28.2 Å². The molecule has 2 aromatic heterocycles. The Labute approximate surface area is 427 Å². The van der Waals surface area contributed by atoms with Gasteiger partial charge in [0.25, 0.3) is 0 Å². The Bertz CT molecular complexity index is 2400. The number of benzene rings is 3. The molecule has 0 aliphatic carbocycles. The molecule has 1 fully saturated rings. The number of methoxy groups -OCH3 is 4. The predicted molar refractivity (Wildman–Crippen MR) is 285 cm³/mol. The van der Waals surface area contributed by atoms with Gasteiger partial charge in [0.15, 0.2) is 22.9 Å². The molecule has 4 unspecified atom stereocenters. The molecule has 0 bridgehead atoms. The summed E-state index contributed by atoms with van der Waals surface area (Å²) < 4.78 is 48.0. The summed E-state index contributed by atoms with van der Waals surface area (Å²) in [5.74, 6) is 3.54. The van der Waals surface area contributed by atoms with Crippen LogP contribution in [0, 0.1) is 17.2 Å². The number of nitrogens with one attached hydrogen (secondary N) is 4. The highest BCUT2D eigenvalue weighted by atomic mass is 31.2. The van der Waals surface area contributed by atoms with Gasteiger partial charge in [0.05, 0.1) is 77.8 Å². The SMILES string of the molecule is COCCN=C(NCCNc1nc(NCC(C)C)nc2c1ncn2C1CC(P(OCCC#N)N(C(C)C)C(C)C)C(COC(c2ccccc2)(c2ccc(OC)cc2)c2ccc(OC)cc2)O1)NCCOC. The second-order valence-electron chi connectivity index (χ2n) is 18.3. The van der Waals surface area contributed by atoms with E-state index < -0.39 is 26.2 Å². The molecule has 0 saturated carbocycles. The molecule has 0 radical (unpaired) electrons. The first-order chi connectivity index (χ1) is 35.0. The summed E-state index contributed by atoms with van der Waals surface area (Å²) in [6.45, 7) is 17.4. The van der Waals surface area contributed by atoms with E-state index in [-0.39, 0.29) is 37.4 Å². The third-order valence-corrected chi connectivity index (χ3v) is 15.1. The highest BCUT2D eigenvalue weighted by Crippen LogP contribution is 2.57. The fraction of sp³-hybridized carbons (Fsp3) is 0.528. The Balaban J connectivity index is 1.41. The van der Waals surface area contributed by atoms with Crippen molar-refractivity contribution in [1.29, 1.82) is 5.26 Å². The highest BCUT2D eigenvalue weighted by Gasteiger charge is 2.48. The lowest BCUT2D eigenvalue weighted by molar-refractivity contribution is -0.0755. The van der Waals surface area contributed by atoms with Crippen LogP contribution in [0.1, 0.15) is 77.3 Å². The van der Waals surface area contributed by atoms with Crippen molar-refractivity contribution in [3.8, 4) is 17.6 Å². The van der Waals surface area contributed by atoms with Crippen LogP contribution >= 0.6 is 8.30 Å². The van der Waals surface area contributed by atoms with Crippen molar-refractivity contribution >= 4 is 37.2 Å². The number of anilines is 2. The Kier molecular flexibility index (Phi) is 21.6. The predicted octanol–water partition coefficient (Wildman–Crippen LogP) is 8.18. The van der Waals surface area contributed by atoms with Crippen molar-refractivity contribution in [3.05, 3.63) is 102 Å². The first-order valence-corrected chi connectivity index (χ1v) is 26.2. The van der Waals surface area contributed by atoms with E-state index >= 15 is 0 Å². The molecular weight excluding hydrogens is 934 g/mol. The van der Waals surface area contributed by atoms with E-state index in [2.05, 4.69) is 115 Å². The van der Waals surface area contributed by atoms with Crippen LogP contribution in [0.15, 0.2) is 90.2 Å². The van der Waals surface area contributed by atoms with Crippen LogP contribution in [0.25, 0.3) is 11.2 Å². The molecule has 6 rings (SSSR count). The number of aromatic nitrogens is 4. The molecule has 3 aromatic carbocycles. The zero-order chi connectivity index (χ0) is 51.5. The van der Waals surface area contributed by atoms with Crippen molar-refractivity contribution < 1.29 is 32.9 Å². The molecule has 18 nitrogen and oxygen atoms in total. The third kappa shape index (κ3) is 14.3. The molecule has 4 atom stereocenters. The average molecular weight is 1010 g/mol. The van der Waals surface area contributed by atoms with Crippen molar-refractivity contribution in [2.45, 2.75) is 90.1 Å². The summed E-state index contributed by atoms with van der Waals surface area (Å²) in [5, 5.41) is 23.4. The summed E-state index contributed by atoms with van der Waals surface area (Å²) in [5.41, 5.74) is 2.73. The number of hydrogen-bond acceptors (Lipinski definition) is 15. The van der Waals surface area contributed by atoms with Gasteiger partial charge < -0.3 is 54.2 Å². The summed E-state index contributed by atoms with van der Waals surface area (Å²) in [4.78, 5) is 19.6. The summed E-state index contributed by atoms with van der Waals surface area (Å²) >= 11 is 0. The molecule has 1 saturated heterocycles. The zero-order valence-corrected chi connectivity index (χ0v) is 44.7. The van der Waals surface area contributed by atoms with Gasteiger partial charge in [-0.25, -0.2) is 4.98 Å². The Morgan fingerprint density at radius 3 is 2.06 bits per heavy atom. The monoisotopic (exact) mass is 1010 g/mol. The van der Waals surface area contributed by atoms with Gasteiger partial charge >= 0.3 is 0 Å². The van der Waals surface area contributed by atoms with Gasteiger partial charge in [-0.1, -0.05) is 68.4 Å². The van der Waals surface area contributed by atoms with Gasteiger partial charge in [-0.2, -0.15) is 15.2 Å². The maximum absolute atomic E-state index is 9.72. The number of imidazole rings is 1. The summed E-state index contributed by atoms with van der Waals surface area (Å²) in [6, 6.07) is 28.9. The van der Waals surface area contributed by atoms with E-state index in [0.29, 0.717) is 87.2 Å². The standard InChI is InChI=1S/C53H76N11O7P/c1-37(2)34-59-52-61-49(55-26-27-56-51(57-28-31-65-7)58-29-32-66-8)48-50(62-52)63(36-60-48)47-33-46(72(70-30-14-25-54)64(38(3)4)39(5)6)45(71-47)35-69-53(40-15-12-11-13-16-40,41-17-21-43(67-9)22-18-41)42-19-23-44(68-10)24-20-42/h11-13,15-24,36-39,45-47H,14,26-35H2,1-10H3,(H2,56,57,58)(H2,55,59,61,62). The van der Waals surface area contributed by atoms with E-state index in [1.54, 1.807) is 34.8 Å². The first kappa shape index (κ1) is 55.7. The zero-order valence-electron chi connectivity index (χ0n) is 43.8. The maximum Gasteiger partial charge on any atom is 0.226 e. The van der Waals surface area contributed by atoms with Crippen LogP contribution in [0.4, 0.5) is 11.8 Å². The van der Waals surface area contributed by atoms with E-state index in [9.17, 15) is 5.26 Å². The van der Waals surface area contributed by atoms with Crippen molar-refractivity contribution in [2.24, 2.45) is 10.9 Å². The summed E-state index contributed by atoms with van der Waals surface area (Å²) in [6.07, 6.45) is 1.62. The Hall–Kier alpha value is -5.64. The molecule has 390 valence electrons. The largest absolute Gasteiger partial charge is 0.497 e. The number of fused-ring (bicyclic) bond motifs is 1. The number of ether oxygens (including phenoxy) is 6. The Morgan fingerprint density at radius 2 is 1.46 bits per heavy atom. The summed E-state index contributed by atoms with van der Waals surface area (Å²) in [7, 11) is 5.30. The highest BCUT2D eigenvalue weighted by molar-refractivity contribution is 7.51. The minimum Gasteiger partial charge on any atom is -0.497 e. The van der Waals surface area contributed by atoms with E-state index in [1.165, 1.54) is 0 Å². The number of nitriles is 1. The minimum absolute atomic E-state index is 0.134. The van der Waals surface area contributed by atoms with Crippen molar-refractivity contribution in [3.63, 3.8) is 0 Å². The number of hydrogen-bond donors (Lipinski definition) is 4. The van der Waals surface area contributed by atoms with Gasteiger partial charge in [-0.05, 0) is 74.6 Å². The second-order valence-corrected chi connectivity index (χ2v) is 20.3. The van der Waals surface area contributed by atoms with Crippen LogP contribution in [0.2, 0.25) is 0 Å². The lowest BCUT2D eigenvalue weighted by Crippen LogP contribution is -2.41. The van der Waals surface area contributed by atoms with Gasteiger partial charge in [-0.15, -0.1) is 0 Å². The normalized spacial score (nSPS) is 16.7. The topological polar surface area (TPSA) is 196 Å². The fourth-order valence-corrected chi connectivity index (χ4v) is 11.5. The average Bonchev–Trinajstić information content (AvgIpc) is 4.02.